The Kier molecular flexibility index (Phi) is 4.35. The first-order valence-corrected chi connectivity index (χ1v) is 6.62. The van der Waals surface area contributed by atoms with Crippen LogP contribution < -0.4 is 11.1 Å². The van der Waals surface area contributed by atoms with Gasteiger partial charge in [0.1, 0.15) is 5.82 Å². The van der Waals surface area contributed by atoms with Crippen LogP contribution in [-0.4, -0.2) is 10.9 Å². The monoisotopic (exact) mass is 269 g/mol. The molecule has 0 fully saturated rings. The van der Waals surface area contributed by atoms with Crippen LogP contribution in [0.5, 0.6) is 0 Å². The van der Waals surface area contributed by atoms with Crippen molar-refractivity contribution in [1.29, 1.82) is 0 Å². The van der Waals surface area contributed by atoms with Crippen LogP contribution in [0.25, 0.3) is 0 Å². The third-order valence-corrected chi connectivity index (χ3v) is 3.18. The third kappa shape index (κ3) is 3.82. The molecule has 0 radical (unpaired) electrons. The van der Waals surface area contributed by atoms with E-state index in [4.69, 9.17) is 5.73 Å². The lowest BCUT2D eigenvalue weighted by molar-refractivity contribution is -0.116. The number of rotatable bonds is 4. The number of carbonyl (C=O) groups excluding carboxylic acids is 1. The summed E-state index contributed by atoms with van der Waals surface area (Å²) >= 11 is 0. The standard InChI is InChI=1S/C16H19N3O/c1-11-7-8-18-15(9-11)19-16(20)10-12(2)13-3-5-14(17)6-4-13/h3-9,12H,10,17H2,1-2H3,(H,18,19,20). The summed E-state index contributed by atoms with van der Waals surface area (Å²) in [6, 6.07) is 11.4. The van der Waals surface area contributed by atoms with Crippen LogP contribution in [0, 0.1) is 6.92 Å². The fourth-order valence-electron chi connectivity index (χ4n) is 2.02. The summed E-state index contributed by atoms with van der Waals surface area (Å²) in [5.41, 5.74) is 8.56. The molecule has 0 aliphatic rings. The Morgan fingerprint density at radius 2 is 2.00 bits per heavy atom. The van der Waals surface area contributed by atoms with E-state index in [1.165, 1.54) is 0 Å². The average Bonchev–Trinajstić information content (AvgIpc) is 2.39. The van der Waals surface area contributed by atoms with Crippen LogP contribution in [-0.2, 0) is 4.79 Å². The number of nitrogens with one attached hydrogen (secondary N) is 1. The predicted molar refractivity (Wildman–Crippen MR) is 81.5 cm³/mol. The molecule has 1 unspecified atom stereocenters. The Bertz CT molecular complexity index is 593. The number of hydrogen-bond donors (Lipinski definition) is 2. The molecular weight excluding hydrogens is 250 g/mol. The average molecular weight is 269 g/mol. The molecule has 1 aromatic carbocycles. The third-order valence-electron chi connectivity index (χ3n) is 3.18. The van der Waals surface area contributed by atoms with Crippen molar-refractivity contribution >= 4 is 17.4 Å². The fourth-order valence-corrected chi connectivity index (χ4v) is 2.02. The van der Waals surface area contributed by atoms with Gasteiger partial charge in [-0.3, -0.25) is 4.79 Å². The lowest BCUT2D eigenvalue weighted by Gasteiger charge is -2.12. The van der Waals surface area contributed by atoms with Gasteiger partial charge in [-0.1, -0.05) is 19.1 Å². The van der Waals surface area contributed by atoms with E-state index in [1.807, 2.05) is 50.2 Å². The molecule has 4 heteroatoms. The minimum atomic E-state index is -0.0348. The van der Waals surface area contributed by atoms with Crippen molar-refractivity contribution in [2.45, 2.75) is 26.2 Å². The highest BCUT2D eigenvalue weighted by Crippen LogP contribution is 2.20. The van der Waals surface area contributed by atoms with Crippen LogP contribution in [0.1, 0.15) is 30.4 Å². The summed E-state index contributed by atoms with van der Waals surface area (Å²) in [7, 11) is 0. The molecule has 0 aliphatic carbocycles. The number of aryl methyl sites for hydroxylation is 1. The molecule has 1 aromatic heterocycles. The molecule has 4 nitrogen and oxygen atoms in total. The molecule has 3 N–H and O–H groups in total. The Morgan fingerprint density at radius 1 is 1.30 bits per heavy atom. The summed E-state index contributed by atoms with van der Waals surface area (Å²) in [5.74, 6) is 0.701. The molecule has 0 saturated carbocycles. The van der Waals surface area contributed by atoms with Gasteiger partial charge in [-0.2, -0.15) is 0 Å². The highest BCUT2D eigenvalue weighted by Gasteiger charge is 2.11. The Labute approximate surface area is 119 Å². The summed E-state index contributed by atoms with van der Waals surface area (Å²) < 4.78 is 0. The molecule has 2 rings (SSSR count). The van der Waals surface area contributed by atoms with Crippen LogP contribution >= 0.6 is 0 Å². The Hall–Kier alpha value is -2.36. The highest BCUT2D eigenvalue weighted by molar-refractivity contribution is 5.90. The Balaban J connectivity index is 1.95. The number of aromatic nitrogens is 1. The zero-order valence-electron chi connectivity index (χ0n) is 11.8. The molecule has 0 aliphatic heterocycles. The number of nitrogens with zero attached hydrogens (tertiary/aromatic N) is 1. The molecule has 2 aromatic rings. The van der Waals surface area contributed by atoms with Crippen LogP contribution in [0.15, 0.2) is 42.6 Å². The van der Waals surface area contributed by atoms with E-state index >= 15 is 0 Å². The van der Waals surface area contributed by atoms with Gasteiger partial charge in [-0.25, -0.2) is 4.98 Å². The number of carbonyl (C=O) groups is 1. The van der Waals surface area contributed by atoms with Crippen LogP contribution in [0.4, 0.5) is 11.5 Å². The number of amides is 1. The largest absolute Gasteiger partial charge is 0.399 e. The van der Waals surface area contributed by atoms with Crippen molar-refractivity contribution in [3.63, 3.8) is 0 Å². The maximum Gasteiger partial charge on any atom is 0.226 e. The van der Waals surface area contributed by atoms with E-state index in [2.05, 4.69) is 10.3 Å². The van der Waals surface area contributed by atoms with Gasteiger partial charge in [0.25, 0.3) is 0 Å². The molecular formula is C16H19N3O. The predicted octanol–water partition coefficient (Wildman–Crippen LogP) is 3.10. The number of benzene rings is 1. The number of nitrogens with two attached hydrogens (primary N) is 1. The van der Waals surface area contributed by atoms with Gasteiger partial charge >= 0.3 is 0 Å². The van der Waals surface area contributed by atoms with E-state index in [1.54, 1.807) is 6.20 Å². The van der Waals surface area contributed by atoms with Crippen molar-refractivity contribution in [3.05, 3.63) is 53.7 Å². The zero-order chi connectivity index (χ0) is 14.5. The van der Waals surface area contributed by atoms with Crippen molar-refractivity contribution in [1.82, 2.24) is 4.98 Å². The van der Waals surface area contributed by atoms with Gasteiger partial charge in [0, 0.05) is 18.3 Å². The summed E-state index contributed by atoms with van der Waals surface area (Å²) in [6.07, 6.45) is 2.11. The molecule has 104 valence electrons. The van der Waals surface area contributed by atoms with Crippen LogP contribution in [0.3, 0.4) is 0 Å². The first kappa shape index (κ1) is 14.1. The van der Waals surface area contributed by atoms with Gasteiger partial charge in [-0.15, -0.1) is 0 Å². The van der Waals surface area contributed by atoms with E-state index in [0.717, 1.165) is 16.8 Å². The van der Waals surface area contributed by atoms with Gasteiger partial charge < -0.3 is 11.1 Å². The van der Waals surface area contributed by atoms with Crippen molar-refractivity contribution < 1.29 is 4.79 Å². The maximum atomic E-state index is 12.0. The van der Waals surface area contributed by atoms with E-state index in [-0.39, 0.29) is 11.8 Å². The lowest BCUT2D eigenvalue weighted by atomic mass is 9.97. The second-order valence-electron chi connectivity index (χ2n) is 5.04. The highest BCUT2D eigenvalue weighted by atomic mass is 16.1. The van der Waals surface area contributed by atoms with Crippen molar-refractivity contribution in [2.75, 3.05) is 11.1 Å². The molecule has 1 heterocycles. The Morgan fingerprint density at radius 3 is 2.65 bits per heavy atom. The molecule has 0 spiro atoms. The first-order valence-electron chi connectivity index (χ1n) is 6.62. The number of pyridine rings is 1. The summed E-state index contributed by atoms with van der Waals surface area (Å²) in [5, 5.41) is 2.82. The molecule has 20 heavy (non-hydrogen) atoms. The van der Waals surface area contributed by atoms with E-state index in [9.17, 15) is 4.79 Å². The van der Waals surface area contributed by atoms with Gasteiger partial charge in [0.05, 0.1) is 0 Å². The SMILES string of the molecule is Cc1ccnc(NC(=O)CC(C)c2ccc(N)cc2)c1. The fraction of sp³-hybridized carbons (Fsp3) is 0.250. The number of anilines is 2. The second kappa shape index (κ2) is 6.19. The molecule has 1 atom stereocenters. The van der Waals surface area contributed by atoms with E-state index in [0.29, 0.717) is 12.2 Å². The van der Waals surface area contributed by atoms with Gasteiger partial charge in [0.2, 0.25) is 5.91 Å². The van der Waals surface area contributed by atoms with Gasteiger partial charge in [-0.05, 0) is 48.2 Å². The minimum absolute atomic E-state index is 0.0348. The summed E-state index contributed by atoms with van der Waals surface area (Å²) in [4.78, 5) is 16.1. The maximum absolute atomic E-state index is 12.0. The normalized spacial score (nSPS) is 11.9. The minimum Gasteiger partial charge on any atom is -0.399 e. The van der Waals surface area contributed by atoms with Crippen molar-refractivity contribution in [3.8, 4) is 0 Å². The van der Waals surface area contributed by atoms with E-state index < -0.39 is 0 Å². The second-order valence-corrected chi connectivity index (χ2v) is 5.04. The smallest absolute Gasteiger partial charge is 0.226 e. The number of hydrogen-bond acceptors (Lipinski definition) is 3. The zero-order valence-corrected chi connectivity index (χ0v) is 11.8. The number of nitrogen functional groups attached to an aromatic ring is 1. The van der Waals surface area contributed by atoms with Gasteiger partial charge in [0.15, 0.2) is 0 Å². The first-order chi connectivity index (χ1) is 9.54. The quantitative estimate of drug-likeness (QED) is 0.838. The summed E-state index contributed by atoms with van der Waals surface area (Å²) in [6.45, 7) is 3.99. The molecule has 0 saturated heterocycles. The van der Waals surface area contributed by atoms with Crippen molar-refractivity contribution in [2.24, 2.45) is 0 Å². The molecule has 1 amide bonds. The molecule has 0 bridgehead atoms. The topological polar surface area (TPSA) is 68.0 Å². The van der Waals surface area contributed by atoms with Crippen LogP contribution in [0.2, 0.25) is 0 Å². The lowest BCUT2D eigenvalue weighted by Crippen LogP contribution is -2.15.